The van der Waals surface area contributed by atoms with Crippen molar-refractivity contribution >= 4 is 110 Å². The highest BCUT2D eigenvalue weighted by Crippen LogP contribution is 2.42. The standard InChI is InChI=1S/C31H29Cl4N3O8S2/c1-5-45-29(43)19-16-9-10-38(30(44)46-31(2,3)4)12-17(16)48-27(19)37-18(39)13-47-15-8-6-7-14(11-15)36-26(40)20-21(28(41)42)23(33)25(35)24(34)22(20)32/h6-8,11H,5,9-10,12-13H2,1-4H3,(H,36,40)(H,37,39)(H,41,42). The molecule has 0 fully saturated rings. The fraction of sp³-hybridized carbons (Fsp3) is 0.323. The Bertz CT molecular complexity index is 1810. The first kappa shape index (κ1) is 37.6. The summed E-state index contributed by atoms with van der Waals surface area (Å²) in [6.07, 6.45) is -0.0819. The number of nitrogens with one attached hydrogen (secondary N) is 2. The van der Waals surface area contributed by atoms with E-state index in [1.807, 2.05) is 0 Å². The first-order chi connectivity index (χ1) is 22.5. The molecular formula is C31H29Cl4N3O8S2. The number of carbonyl (C=O) groups excluding carboxylic acids is 4. The van der Waals surface area contributed by atoms with Crippen LogP contribution in [0.15, 0.2) is 29.2 Å². The molecule has 3 N–H and O–H groups in total. The monoisotopic (exact) mass is 775 g/mol. The quantitative estimate of drug-likeness (QED) is 0.0841. The number of thiophene rings is 1. The Morgan fingerprint density at radius 2 is 1.65 bits per heavy atom. The van der Waals surface area contributed by atoms with Gasteiger partial charge in [-0.3, -0.25) is 9.59 Å². The van der Waals surface area contributed by atoms with Crippen molar-refractivity contribution in [2.24, 2.45) is 0 Å². The van der Waals surface area contributed by atoms with Crippen LogP contribution in [0.25, 0.3) is 0 Å². The Hall–Kier alpha value is -3.20. The zero-order valence-corrected chi connectivity index (χ0v) is 30.6. The summed E-state index contributed by atoms with van der Waals surface area (Å²) in [5, 5.41) is 14.0. The number of benzene rings is 2. The van der Waals surface area contributed by atoms with Crippen LogP contribution in [0, 0.1) is 0 Å². The van der Waals surface area contributed by atoms with Gasteiger partial charge in [0.05, 0.1) is 55.7 Å². The molecule has 1 aromatic heterocycles. The van der Waals surface area contributed by atoms with Crippen molar-refractivity contribution in [2.75, 3.05) is 29.5 Å². The van der Waals surface area contributed by atoms with E-state index in [4.69, 9.17) is 55.9 Å². The molecule has 0 spiro atoms. The van der Waals surface area contributed by atoms with E-state index in [0.717, 1.165) is 22.2 Å². The lowest BCUT2D eigenvalue weighted by molar-refractivity contribution is -0.113. The van der Waals surface area contributed by atoms with Gasteiger partial charge in [-0.05, 0) is 57.9 Å². The second-order valence-electron chi connectivity index (χ2n) is 11.2. The number of nitrogens with zero attached hydrogens (tertiary/aromatic N) is 1. The van der Waals surface area contributed by atoms with Crippen LogP contribution in [0.4, 0.5) is 15.5 Å². The molecule has 2 aromatic carbocycles. The predicted octanol–water partition coefficient (Wildman–Crippen LogP) is 8.51. The topological polar surface area (TPSA) is 151 Å². The molecule has 0 atom stereocenters. The number of anilines is 2. The van der Waals surface area contributed by atoms with Crippen molar-refractivity contribution in [3.8, 4) is 0 Å². The van der Waals surface area contributed by atoms with Crippen LogP contribution in [0.1, 0.15) is 69.2 Å². The molecule has 0 bridgehead atoms. The van der Waals surface area contributed by atoms with E-state index in [1.165, 1.54) is 11.3 Å². The number of carbonyl (C=O) groups is 5. The highest BCUT2D eigenvalue weighted by atomic mass is 35.5. The minimum Gasteiger partial charge on any atom is -0.478 e. The third-order valence-corrected chi connectivity index (χ3v) is 10.5. The molecule has 0 radical (unpaired) electrons. The molecule has 17 heteroatoms. The predicted molar refractivity (Wildman–Crippen MR) is 188 cm³/mol. The minimum absolute atomic E-state index is 0.0658. The molecular weight excluding hydrogens is 748 g/mol. The summed E-state index contributed by atoms with van der Waals surface area (Å²) in [5.41, 5.74) is -0.478. The van der Waals surface area contributed by atoms with Crippen LogP contribution >= 0.6 is 69.5 Å². The molecule has 4 rings (SSSR count). The summed E-state index contributed by atoms with van der Waals surface area (Å²) in [6, 6.07) is 6.46. The molecule has 1 aliphatic heterocycles. The largest absolute Gasteiger partial charge is 0.478 e. The van der Waals surface area contributed by atoms with Crippen molar-refractivity contribution in [3.63, 3.8) is 0 Å². The lowest BCUT2D eigenvalue weighted by Crippen LogP contribution is -2.39. The number of ether oxygens (including phenoxy) is 2. The van der Waals surface area contributed by atoms with E-state index in [0.29, 0.717) is 22.9 Å². The normalized spacial score (nSPS) is 12.6. The van der Waals surface area contributed by atoms with Gasteiger partial charge < -0.3 is 30.1 Å². The van der Waals surface area contributed by atoms with Crippen LogP contribution < -0.4 is 10.6 Å². The molecule has 0 unspecified atom stereocenters. The van der Waals surface area contributed by atoms with Gasteiger partial charge >= 0.3 is 18.0 Å². The zero-order valence-electron chi connectivity index (χ0n) is 25.9. The summed E-state index contributed by atoms with van der Waals surface area (Å²) in [6.45, 7) is 7.73. The number of aromatic carboxylic acids is 1. The third-order valence-electron chi connectivity index (χ3n) is 6.61. The Morgan fingerprint density at radius 3 is 2.27 bits per heavy atom. The second kappa shape index (κ2) is 15.6. The number of esters is 1. The van der Waals surface area contributed by atoms with Gasteiger partial charge in [0.2, 0.25) is 5.91 Å². The lowest BCUT2D eigenvalue weighted by atomic mass is 10.0. The van der Waals surface area contributed by atoms with E-state index in [-0.39, 0.29) is 45.2 Å². The Labute approximate surface area is 304 Å². The average molecular weight is 778 g/mol. The maximum Gasteiger partial charge on any atom is 0.410 e. The number of rotatable bonds is 9. The fourth-order valence-electron chi connectivity index (χ4n) is 4.61. The summed E-state index contributed by atoms with van der Waals surface area (Å²) >= 11 is 26.7. The number of fused-ring (bicyclic) bond motifs is 1. The van der Waals surface area contributed by atoms with Crippen molar-refractivity contribution in [1.82, 2.24) is 4.90 Å². The van der Waals surface area contributed by atoms with Gasteiger partial charge in [0.1, 0.15) is 10.6 Å². The third kappa shape index (κ3) is 8.68. The first-order valence-electron chi connectivity index (χ1n) is 14.2. The highest BCUT2D eigenvalue weighted by Gasteiger charge is 2.33. The van der Waals surface area contributed by atoms with Gasteiger partial charge in [-0.15, -0.1) is 23.1 Å². The molecule has 48 heavy (non-hydrogen) atoms. The van der Waals surface area contributed by atoms with Gasteiger partial charge in [-0.2, -0.15) is 0 Å². The maximum absolute atomic E-state index is 13.1. The van der Waals surface area contributed by atoms with E-state index in [2.05, 4.69) is 10.6 Å². The molecule has 0 saturated heterocycles. The SMILES string of the molecule is CCOC(=O)c1c(NC(=O)CSc2cccc(NC(=O)c3c(Cl)c(Cl)c(Cl)c(Cl)c3C(=O)O)c2)sc2c1CCN(C(=O)OC(C)(C)C)C2. The second-order valence-corrected chi connectivity index (χ2v) is 14.9. The minimum atomic E-state index is -1.53. The molecule has 0 saturated carbocycles. The number of amides is 3. The van der Waals surface area contributed by atoms with Crippen LogP contribution in [0.5, 0.6) is 0 Å². The molecule has 3 amide bonds. The summed E-state index contributed by atoms with van der Waals surface area (Å²) in [4.78, 5) is 66.6. The summed E-state index contributed by atoms with van der Waals surface area (Å²) in [7, 11) is 0. The summed E-state index contributed by atoms with van der Waals surface area (Å²) in [5.74, 6) is -3.47. The molecule has 11 nitrogen and oxygen atoms in total. The summed E-state index contributed by atoms with van der Waals surface area (Å²) < 4.78 is 10.8. The van der Waals surface area contributed by atoms with E-state index in [9.17, 15) is 29.1 Å². The fourth-order valence-corrected chi connectivity index (χ4v) is 7.65. The van der Waals surface area contributed by atoms with Crippen LogP contribution in [0.3, 0.4) is 0 Å². The van der Waals surface area contributed by atoms with Crippen molar-refractivity contribution < 1.29 is 38.6 Å². The van der Waals surface area contributed by atoms with Crippen molar-refractivity contribution in [1.29, 1.82) is 0 Å². The Balaban J connectivity index is 1.47. The van der Waals surface area contributed by atoms with Crippen molar-refractivity contribution in [3.05, 3.63) is 71.5 Å². The van der Waals surface area contributed by atoms with Gasteiger partial charge in [0, 0.05) is 22.0 Å². The maximum atomic E-state index is 13.1. The van der Waals surface area contributed by atoms with Gasteiger partial charge in [-0.25, -0.2) is 14.4 Å². The molecule has 2 heterocycles. The molecule has 1 aliphatic rings. The van der Waals surface area contributed by atoms with Crippen molar-refractivity contribution in [2.45, 2.75) is 51.2 Å². The first-order valence-corrected chi connectivity index (χ1v) is 17.6. The number of halogens is 4. The van der Waals surface area contributed by atoms with Gasteiger partial charge in [0.25, 0.3) is 5.91 Å². The lowest BCUT2D eigenvalue weighted by Gasteiger charge is -2.30. The number of carboxylic acids is 1. The van der Waals surface area contributed by atoms with Crippen LogP contribution in [-0.2, 0) is 27.2 Å². The molecule has 256 valence electrons. The Kier molecular flexibility index (Phi) is 12.2. The average Bonchev–Trinajstić information content (AvgIpc) is 3.36. The van der Waals surface area contributed by atoms with E-state index in [1.54, 1.807) is 56.9 Å². The van der Waals surface area contributed by atoms with Crippen LogP contribution in [0.2, 0.25) is 20.1 Å². The number of thioether (sulfide) groups is 1. The Morgan fingerprint density at radius 1 is 0.979 bits per heavy atom. The number of hydrogen-bond acceptors (Lipinski definition) is 9. The van der Waals surface area contributed by atoms with Gasteiger partial charge in [0.15, 0.2) is 0 Å². The molecule has 3 aromatic rings. The number of hydrogen-bond donors (Lipinski definition) is 3. The van der Waals surface area contributed by atoms with E-state index < -0.39 is 51.6 Å². The number of carboxylic acid groups (broad SMARTS) is 1. The molecule has 0 aliphatic carbocycles. The van der Waals surface area contributed by atoms with Gasteiger partial charge in [-0.1, -0.05) is 52.5 Å². The van der Waals surface area contributed by atoms with E-state index >= 15 is 0 Å². The highest BCUT2D eigenvalue weighted by molar-refractivity contribution is 8.00. The smallest absolute Gasteiger partial charge is 0.410 e. The zero-order chi connectivity index (χ0) is 35.5. The van der Waals surface area contributed by atoms with Crippen LogP contribution in [-0.4, -0.2) is 64.4 Å².